The molecule has 0 aliphatic rings. The first-order valence-corrected chi connectivity index (χ1v) is 9.07. The molecule has 0 fully saturated rings. The minimum absolute atomic E-state index is 0.0839. The van der Waals surface area contributed by atoms with Gasteiger partial charge in [0.1, 0.15) is 0 Å². The molecule has 2 aromatic rings. The van der Waals surface area contributed by atoms with Crippen LogP contribution in [0.1, 0.15) is 40.2 Å². The molecule has 24 heavy (non-hydrogen) atoms. The molecule has 0 aliphatic heterocycles. The third kappa shape index (κ3) is 4.17. The van der Waals surface area contributed by atoms with Crippen LogP contribution >= 0.6 is 11.8 Å². The predicted octanol–water partition coefficient (Wildman–Crippen LogP) is 4.17. The van der Waals surface area contributed by atoms with Gasteiger partial charge in [0.05, 0.1) is 5.25 Å². The van der Waals surface area contributed by atoms with Gasteiger partial charge in [-0.2, -0.15) is 0 Å². The molecule has 1 atom stereocenters. The number of aromatic nitrogens is 2. The van der Waals surface area contributed by atoms with Crippen LogP contribution < -0.4 is 0 Å². The summed E-state index contributed by atoms with van der Waals surface area (Å²) in [6.45, 7) is 12.0. The number of aryl methyl sites for hydroxylation is 1. The minimum Gasteiger partial charge on any atom is -0.411 e. The highest BCUT2D eigenvalue weighted by Gasteiger charge is 2.27. The highest BCUT2D eigenvalue weighted by molar-refractivity contribution is 8.00. The summed E-state index contributed by atoms with van der Waals surface area (Å²) < 4.78 is 5.74. The Morgan fingerprint density at radius 3 is 2.29 bits per heavy atom. The van der Waals surface area contributed by atoms with Crippen molar-refractivity contribution in [2.45, 2.75) is 64.1 Å². The molecule has 0 saturated carbocycles. The van der Waals surface area contributed by atoms with E-state index in [4.69, 9.17) is 4.42 Å². The average Bonchev–Trinajstić information content (AvgIpc) is 2.95. The van der Waals surface area contributed by atoms with E-state index in [1.54, 1.807) is 0 Å². The summed E-state index contributed by atoms with van der Waals surface area (Å²) in [5.41, 5.74) is 1.99. The van der Waals surface area contributed by atoms with Crippen molar-refractivity contribution in [2.75, 3.05) is 0 Å². The van der Waals surface area contributed by atoms with Crippen molar-refractivity contribution >= 4 is 17.7 Å². The van der Waals surface area contributed by atoms with Crippen molar-refractivity contribution in [3.8, 4) is 11.5 Å². The molecule has 0 aliphatic carbocycles. The number of hydrogen-bond acceptors (Lipinski definition) is 5. The summed E-state index contributed by atoms with van der Waals surface area (Å²) in [5, 5.41) is 8.33. The van der Waals surface area contributed by atoms with E-state index in [9.17, 15) is 4.79 Å². The summed E-state index contributed by atoms with van der Waals surface area (Å²) in [6, 6.07) is 8.18. The molecule has 0 saturated heterocycles. The van der Waals surface area contributed by atoms with E-state index in [2.05, 4.69) is 10.2 Å². The molecule has 1 unspecified atom stereocenters. The van der Waals surface area contributed by atoms with Crippen LogP contribution in [0.4, 0.5) is 0 Å². The van der Waals surface area contributed by atoms with Gasteiger partial charge in [-0.25, -0.2) is 0 Å². The molecule has 1 amide bonds. The maximum Gasteiger partial charge on any atom is 0.277 e. The normalized spacial score (nSPS) is 12.7. The van der Waals surface area contributed by atoms with Crippen molar-refractivity contribution in [1.82, 2.24) is 15.1 Å². The third-order valence-electron chi connectivity index (χ3n) is 3.77. The molecule has 0 bridgehead atoms. The lowest BCUT2D eigenvalue weighted by Crippen LogP contribution is -2.45. The zero-order valence-electron chi connectivity index (χ0n) is 15.1. The van der Waals surface area contributed by atoms with Crippen LogP contribution in [0.2, 0.25) is 0 Å². The molecule has 2 rings (SSSR count). The largest absolute Gasteiger partial charge is 0.411 e. The van der Waals surface area contributed by atoms with Gasteiger partial charge < -0.3 is 9.32 Å². The lowest BCUT2D eigenvalue weighted by Gasteiger charge is -2.32. The van der Waals surface area contributed by atoms with Crippen LogP contribution in [0.25, 0.3) is 11.5 Å². The molecule has 0 radical (unpaired) electrons. The minimum atomic E-state index is -0.278. The molecule has 6 heteroatoms. The molecule has 1 aromatic carbocycles. The zero-order chi connectivity index (χ0) is 17.9. The van der Waals surface area contributed by atoms with Crippen LogP contribution in [-0.4, -0.2) is 38.3 Å². The number of nitrogens with zero attached hydrogens (tertiary/aromatic N) is 3. The molecular formula is C18H25N3O2S. The van der Waals surface area contributed by atoms with Gasteiger partial charge in [0.2, 0.25) is 11.8 Å². The standard InChI is InChI=1S/C18H25N3O2S/c1-11(2)21(12(3)4)17(22)14(6)24-18-20-19-16(23-18)15-10-8-7-9-13(15)5/h7-12,14H,1-6H3. The third-order valence-corrected chi connectivity index (χ3v) is 4.70. The number of benzene rings is 1. The van der Waals surface area contributed by atoms with E-state index in [1.807, 2.05) is 70.7 Å². The van der Waals surface area contributed by atoms with Gasteiger partial charge in [0.25, 0.3) is 5.22 Å². The number of hydrogen-bond donors (Lipinski definition) is 0. The fourth-order valence-corrected chi connectivity index (χ4v) is 3.44. The summed E-state index contributed by atoms with van der Waals surface area (Å²) in [5.74, 6) is 0.570. The van der Waals surface area contributed by atoms with Crippen molar-refractivity contribution in [2.24, 2.45) is 0 Å². The monoisotopic (exact) mass is 347 g/mol. The number of thioether (sulfide) groups is 1. The smallest absolute Gasteiger partial charge is 0.277 e. The Morgan fingerprint density at radius 2 is 1.71 bits per heavy atom. The van der Waals surface area contributed by atoms with Gasteiger partial charge in [0, 0.05) is 17.6 Å². The molecule has 5 nitrogen and oxygen atoms in total. The van der Waals surface area contributed by atoms with Crippen molar-refractivity contribution < 1.29 is 9.21 Å². The maximum absolute atomic E-state index is 12.7. The number of amides is 1. The summed E-state index contributed by atoms with van der Waals surface area (Å²) in [7, 11) is 0. The summed E-state index contributed by atoms with van der Waals surface area (Å²) in [4.78, 5) is 14.6. The zero-order valence-corrected chi connectivity index (χ0v) is 15.9. The highest BCUT2D eigenvalue weighted by atomic mass is 32.2. The molecule has 130 valence electrons. The van der Waals surface area contributed by atoms with Crippen LogP contribution in [0.5, 0.6) is 0 Å². The fraction of sp³-hybridized carbons (Fsp3) is 0.500. The fourth-order valence-electron chi connectivity index (χ4n) is 2.70. The number of rotatable bonds is 6. The van der Waals surface area contributed by atoms with E-state index in [-0.39, 0.29) is 23.2 Å². The highest BCUT2D eigenvalue weighted by Crippen LogP contribution is 2.28. The van der Waals surface area contributed by atoms with Gasteiger partial charge in [-0.15, -0.1) is 10.2 Å². The van der Waals surface area contributed by atoms with Gasteiger partial charge in [0.15, 0.2) is 0 Å². The van der Waals surface area contributed by atoms with Crippen molar-refractivity contribution in [1.29, 1.82) is 0 Å². The predicted molar refractivity (Wildman–Crippen MR) is 96.9 cm³/mol. The number of carbonyl (C=O) groups is 1. The van der Waals surface area contributed by atoms with Gasteiger partial charge in [-0.05, 0) is 53.2 Å². The Morgan fingerprint density at radius 1 is 1.08 bits per heavy atom. The topological polar surface area (TPSA) is 59.2 Å². The average molecular weight is 347 g/mol. The molecule has 0 spiro atoms. The Balaban J connectivity index is 2.12. The Labute approximate surface area is 147 Å². The van der Waals surface area contributed by atoms with Crippen molar-refractivity contribution in [3.05, 3.63) is 29.8 Å². The Hall–Kier alpha value is -1.82. The van der Waals surface area contributed by atoms with Gasteiger partial charge in [-0.1, -0.05) is 30.0 Å². The SMILES string of the molecule is Cc1ccccc1-c1nnc(SC(C)C(=O)N(C(C)C)C(C)C)o1. The van der Waals surface area contributed by atoms with E-state index in [0.717, 1.165) is 11.1 Å². The van der Waals surface area contributed by atoms with E-state index in [0.29, 0.717) is 11.1 Å². The van der Waals surface area contributed by atoms with E-state index in [1.165, 1.54) is 11.8 Å². The summed E-state index contributed by atoms with van der Waals surface area (Å²) >= 11 is 1.30. The van der Waals surface area contributed by atoms with Gasteiger partial charge >= 0.3 is 0 Å². The van der Waals surface area contributed by atoms with E-state index >= 15 is 0 Å². The van der Waals surface area contributed by atoms with Crippen molar-refractivity contribution in [3.63, 3.8) is 0 Å². The Kier molecular flexibility index (Phi) is 6.04. The molecule has 0 N–H and O–H groups in total. The van der Waals surface area contributed by atoms with Crippen LogP contribution in [-0.2, 0) is 4.79 Å². The van der Waals surface area contributed by atoms with Gasteiger partial charge in [-0.3, -0.25) is 4.79 Å². The second kappa shape index (κ2) is 7.83. The second-order valence-electron chi connectivity index (χ2n) is 6.38. The first-order valence-electron chi connectivity index (χ1n) is 8.19. The molecule has 1 aromatic heterocycles. The lowest BCUT2D eigenvalue weighted by molar-refractivity contribution is -0.133. The number of carbonyl (C=O) groups excluding carboxylic acids is 1. The Bertz CT molecular complexity index is 689. The quantitative estimate of drug-likeness (QED) is 0.734. The summed E-state index contributed by atoms with van der Waals surface area (Å²) in [6.07, 6.45) is 0. The van der Waals surface area contributed by atoms with Crippen LogP contribution in [0, 0.1) is 6.92 Å². The lowest BCUT2D eigenvalue weighted by atomic mass is 10.1. The maximum atomic E-state index is 12.7. The second-order valence-corrected chi connectivity index (χ2v) is 7.67. The molecular weight excluding hydrogens is 322 g/mol. The first-order chi connectivity index (χ1) is 11.3. The van der Waals surface area contributed by atoms with Crippen LogP contribution in [0.15, 0.2) is 33.9 Å². The molecule has 1 heterocycles. The van der Waals surface area contributed by atoms with E-state index < -0.39 is 0 Å². The van der Waals surface area contributed by atoms with Crippen LogP contribution in [0.3, 0.4) is 0 Å². The first kappa shape index (κ1) is 18.5.